The number of nitrogens with one attached hydrogen (secondary N) is 1. The Labute approximate surface area is 242 Å². The third-order valence-electron chi connectivity index (χ3n) is 7.25. The summed E-state index contributed by atoms with van der Waals surface area (Å²) in [7, 11) is -2.96. The lowest BCUT2D eigenvalue weighted by atomic mass is 9.96. The highest BCUT2D eigenvalue weighted by molar-refractivity contribution is 8.13. The number of ether oxygens (including phenoxy) is 1. The molecule has 0 aromatic heterocycles. The zero-order valence-electron chi connectivity index (χ0n) is 25.3. The Morgan fingerprint density at radius 3 is 2.37 bits per heavy atom. The van der Waals surface area contributed by atoms with E-state index < -0.39 is 16.4 Å². The van der Waals surface area contributed by atoms with Crippen molar-refractivity contribution in [2.24, 2.45) is 4.99 Å². The van der Waals surface area contributed by atoms with Gasteiger partial charge in [-0.25, -0.2) is 9.79 Å². The van der Waals surface area contributed by atoms with Gasteiger partial charge in [0.05, 0.1) is 12.2 Å². The summed E-state index contributed by atoms with van der Waals surface area (Å²) in [5, 5.41) is 4.38. The van der Waals surface area contributed by atoms with Gasteiger partial charge >= 0.3 is 5.97 Å². The van der Waals surface area contributed by atoms with Crippen molar-refractivity contribution in [3.8, 4) is 0 Å². The summed E-state index contributed by atoms with van der Waals surface area (Å²) in [6.45, 7) is 21.6. The van der Waals surface area contributed by atoms with E-state index in [-0.39, 0.29) is 17.0 Å². The molecule has 0 amide bonds. The van der Waals surface area contributed by atoms with E-state index in [4.69, 9.17) is 14.2 Å². The van der Waals surface area contributed by atoms with Crippen LogP contribution in [0.15, 0.2) is 45.4 Å². The average Bonchev–Trinajstić information content (AvgIpc) is 2.81. The highest BCUT2D eigenvalue weighted by Crippen LogP contribution is 2.39. The maximum atomic E-state index is 13.3. The fourth-order valence-corrected chi connectivity index (χ4v) is 7.07. The summed E-state index contributed by atoms with van der Waals surface area (Å²) in [4.78, 5) is 19.4. The normalized spacial score (nSPS) is 16.8. The Balaban J connectivity index is 2.05. The third kappa shape index (κ3) is 10.2. The van der Waals surface area contributed by atoms with Gasteiger partial charge in [-0.1, -0.05) is 76.8 Å². The molecule has 0 fully saturated rings. The van der Waals surface area contributed by atoms with Crippen molar-refractivity contribution < 1.29 is 14.0 Å². The van der Waals surface area contributed by atoms with Gasteiger partial charge in [-0.05, 0) is 67.6 Å². The molecule has 2 rings (SSSR count). The van der Waals surface area contributed by atoms with E-state index in [1.807, 2.05) is 31.0 Å². The Morgan fingerprint density at radius 2 is 1.74 bits per heavy atom. The smallest absolute Gasteiger partial charge is 0.338 e. The molecule has 1 unspecified atom stereocenters. The molecule has 0 spiro atoms. The monoisotopic (exact) mass is 594 g/mol. The van der Waals surface area contributed by atoms with Crippen molar-refractivity contribution in [3.05, 3.63) is 41.1 Å². The molecule has 0 aliphatic carbocycles. The van der Waals surface area contributed by atoms with Crippen LogP contribution in [-0.4, -0.2) is 52.8 Å². The predicted octanol–water partition coefficient (Wildman–Crippen LogP) is 8.49. The van der Waals surface area contributed by atoms with E-state index in [1.165, 1.54) is 4.90 Å². The summed E-state index contributed by atoms with van der Waals surface area (Å²) in [5.41, 5.74) is 2.52. The number of unbranched alkanes of at least 4 members (excludes halogenated alkanes) is 2. The van der Waals surface area contributed by atoms with Crippen LogP contribution in [0.2, 0.25) is 43.8 Å². The van der Waals surface area contributed by atoms with Gasteiger partial charge in [0.2, 0.25) is 0 Å². The second-order valence-electron chi connectivity index (χ2n) is 12.7. The van der Waals surface area contributed by atoms with E-state index >= 15 is 0 Å². The molecule has 1 aromatic rings. The molecule has 1 atom stereocenters. The number of aliphatic imine (C=N–C) groups is 1. The molecule has 9 heteroatoms. The molecular formula is C29H50N2O3S2Si2. The highest BCUT2D eigenvalue weighted by Gasteiger charge is 2.37. The van der Waals surface area contributed by atoms with Gasteiger partial charge < -0.3 is 14.5 Å². The number of nitrogens with zero attached hydrogens (tertiary/aromatic N) is 1. The standard InChI is InChI=1S/C29H50N2O3S2Si2/c1-22-25(27(32)33-19-21-37(6,7)8)26(31-28(30-22)35-5)23-16-12-13-17-24(23)36-20-15-11-14-18-34-38(9,10)29(2,3)4/h12-13,16-17,26H,11,14-15,18-21H2,1-10H3,(H,30,31). The molecule has 1 N–H and O–H groups in total. The van der Waals surface area contributed by atoms with Gasteiger partial charge in [0.1, 0.15) is 6.04 Å². The lowest BCUT2D eigenvalue weighted by Crippen LogP contribution is -2.40. The minimum Gasteiger partial charge on any atom is -0.463 e. The number of carbonyl (C=O) groups excluding carboxylic acids is 1. The van der Waals surface area contributed by atoms with Gasteiger partial charge in [0.25, 0.3) is 0 Å². The quantitative estimate of drug-likeness (QED) is 0.107. The maximum absolute atomic E-state index is 13.3. The molecule has 5 nitrogen and oxygen atoms in total. The number of esters is 1. The minimum absolute atomic E-state index is 0.256. The first-order valence-corrected chi connectivity index (χ1v) is 22.6. The Hall–Kier alpha value is -1.01. The molecular weight excluding hydrogens is 545 g/mol. The van der Waals surface area contributed by atoms with Crippen molar-refractivity contribution in [1.82, 2.24) is 5.32 Å². The van der Waals surface area contributed by atoms with E-state index in [1.54, 1.807) is 11.8 Å². The van der Waals surface area contributed by atoms with Crippen molar-refractivity contribution >= 4 is 51.1 Å². The van der Waals surface area contributed by atoms with Gasteiger partial charge in [-0.15, -0.1) is 11.8 Å². The summed E-state index contributed by atoms with van der Waals surface area (Å²) >= 11 is 3.42. The number of hydrogen-bond donors (Lipinski definition) is 1. The van der Waals surface area contributed by atoms with Crippen molar-refractivity contribution in [1.29, 1.82) is 0 Å². The molecule has 0 bridgehead atoms. The van der Waals surface area contributed by atoms with E-state index in [9.17, 15) is 4.79 Å². The van der Waals surface area contributed by atoms with Crippen LogP contribution in [0.1, 0.15) is 58.6 Å². The fraction of sp³-hybridized carbons (Fsp3) is 0.655. The first-order valence-electron chi connectivity index (χ1n) is 13.8. The third-order valence-corrected chi connectivity index (χ3v) is 15.3. The molecule has 38 heavy (non-hydrogen) atoms. The molecule has 1 aliphatic rings. The second-order valence-corrected chi connectivity index (χ2v) is 25.1. The van der Waals surface area contributed by atoms with Gasteiger partial charge in [-0.2, -0.15) is 0 Å². The Kier molecular flexibility index (Phi) is 12.7. The topological polar surface area (TPSA) is 59.9 Å². The van der Waals surface area contributed by atoms with Crippen LogP contribution in [0, 0.1) is 0 Å². The number of thioether (sulfide) groups is 2. The van der Waals surface area contributed by atoms with Gasteiger partial charge in [0.15, 0.2) is 13.5 Å². The molecule has 0 radical (unpaired) electrons. The largest absolute Gasteiger partial charge is 0.463 e. The zero-order valence-corrected chi connectivity index (χ0v) is 29.0. The lowest BCUT2D eigenvalue weighted by Gasteiger charge is -2.36. The van der Waals surface area contributed by atoms with Crippen molar-refractivity contribution in [2.45, 2.75) is 102 Å². The number of carbonyl (C=O) groups is 1. The second kappa shape index (κ2) is 14.6. The van der Waals surface area contributed by atoms with Crippen LogP contribution >= 0.6 is 23.5 Å². The number of benzene rings is 1. The van der Waals surface area contributed by atoms with Gasteiger partial charge in [-0.3, -0.25) is 0 Å². The maximum Gasteiger partial charge on any atom is 0.338 e. The minimum atomic E-state index is -1.67. The number of amidine groups is 1. The van der Waals surface area contributed by atoms with Crippen molar-refractivity contribution in [2.75, 3.05) is 25.2 Å². The first kappa shape index (κ1) is 33.2. The number of hydrogen-bond acceptors (Lipinski definition) is 7. The van der Waals surface area contributed by atoms with E-state index in [0.29, 0.717) is 12.2 Å². The van der Waals surface area contributed by atoms with Crippen LogP contribution in [0.4, 0.5) is 0 Å². The van der Waals surface area contributed by atoms with E-state index in [2.05, 4.69) is 77.0 Å². The SMILES string of the molecule is CSC1=NC(c2ccccc2SCCCCCO[Si](C)(C)C(C)(C)C)C(C(=O)OCC[Si](C)(C)C)=C(C)N1. The van der Waals surface area contributed by atoms with Crippen molar-refractivity contribution in [3.63, 3.8) is 0 Å². The Bertz CT molecular complexity index is 998. The molecule has 0 saturated carbocycles. The first-order chi connectivity index (χ1) is 17.7. The highest BCUT2D eigenvalue weighted by atomic mass is 32.2. The van der Waals surface area contributed by atoms with Crippen LogP contribution in [0.3, 0.4) is 0 Å². The number of rotatable bonds is 13. The lowest BCUT2D eigenvalue weighted by molar-refractivity contribution is -0.139. The molecule has 1 aromatic carbocycles. The molecule has 214 valence electrons. The zero-order chi connectivity index (χ0) is 28.6. The van der Waals surface area contributed by atoms with Crippen LogP contribution < -0.4 is 5.32 Å². The van der Waals surface area contributed by atoms with Crippen LogP contribution in [0.25, 0.3) is 0 Å². The predicted molar refractivity (Wildman–Crippen MR) is 173 cm³/mol. The molecule has 1 aliphatic heterocycles. The summed E-state index contributed by atoms with van der Waals surface area (Å²) in [6.07, 6.45) is 5.38. The van der Waals surface area contributed by atoms with E-state index in [0.717, 1.165) is 54.1 Å². The van der Waals surface area contributed by atoms with Crippen LogP contribution in [0.5, 0.6) is 0 Å². The summed E-state index contributed by atoms with van der Waals surface area (Å²) in [5.74, 6) is 0.767. The average molecular weight is 595 g/mol. The fourth-order valence-electron chi connectivity index (χ4n) is 3.71. The van der Waals surface area contributed by atoms with Gasteiger partial charge in [0, 0.05) is 25.3 Å². The molecule has 0 saturated heterocycles. The molecule has 1 heterocycles. The van der Waals surface area contributed by atoms with Crippen LogP contribution in [-0.2, 0) is 14.0 Å². The Morgan fingerprint density at radius 1 is 1.05 bits per heavy atom. The summed E-state index contributed by atoms with van der Waals surface area (Å²) in [6, 6.07) is 8.96. The number of allylic oxidation sites excluding steroid dienone is 1. The summed E-state index contributed by atoms with van der Waals surface area (Å²) < 4.78 is 12.1.